The van der Waals surface area contributed by atoms with Crippen molar-refractivity contribution in [1.29, 1.82) is 0 Å². The molecule has 0 radical (unpaired) electrons. The minimum atomic E-state index is 0.558. The molecule has 0 aromatic heterocycles. The van der Waals surface area contributed by atoms with Crippen molar-refractivity contribution in [3.63, 3.8) is 0 Å². The zero-order valence-corrected chi connectivity index (χ0v) is 9.61. The van der Waals surface area contributed by atoms with Crippen LogP contribution < -0.4 is 0 Å². The summed E-state index contributed by atoms with van der Waals surface area (Å²) < 4.78 is 0. The van der Waals surface area contributed by atoms with E-state index in [0.717, 1.165) is 10.4 Å². The quantitative estimate of drug-likeness (QED) is 0.689. The van der Waals surface area contributed by atoms with Gasteiger partial charge in [0, 0.05) is 10.4 Å². The van der Waals surface area contributed by atoms with Crippen LogP contribution in [-0.4, -0.2) is 5.33 Å². The van der Waals surface area contributed by atoms with E-state index in [1.807, 2.05) is 12.1 Å². The summed E-state index contributed by atoms with van der Waals surface area (Å²) in [6.45, 7) is 4.30. The van der Waals surface area contributed by atoms with Crippen LogP contribution in [0.4, 0.5) is 0 Å². The maximum Gasteiger partial charge on any atom is 0.0408 e. The van der Waals surface area contributed by atoms with Crippen LogP contribution in [0.5, 0.6) is 0 Å². The first-order valence-electron chi connectivity index (χ1n) is 3.97. The Labute approximate surface area is 87.1 Å². The number of benzene rings is 1. The van der Waals surface area contributed by atoms with Gasteiger partial charge in [-0.3, -0.25) is 0 Å². The topological polar surface area (TPSA) is 0 Å². The molecule has 0 amide bonds. The van der Waals surface area contributed by atoms with E-state index in [4.69, 9.17) is 11.6 Å². The molecule has 0 nitrogen and oxygen atoms in total. The molecule has 0 heterocycles. The Morgan fingerprint density at radius 3 is 2.67 bits per heavy atom. The molecule has 0 saturated carbocycles. The molecular weight excluding hydrogens is 235 g/mol. The molecule has 2 heteroatoms. The molecule has 0 saturated heterocycles. The zero-order chi connectivity index (χ0) is 9.14. The Morgan fingerprint density at radius 2 is 2.17 bits per heavy atom. The second-order valence-corrected chi connectivity index (χ2v) is 4.14. The van der Waals surface area contributed by atoms with Gasteiger partial charge in [-0.1, -0.05) is 40.5 Å². The van der Waals surface area contributed by atoms with Crippen molar-refractivity contribution < 1.29 is 0 Å². The van der Waals surface area contributed by atoms with Crippen molar-refractivity contribution in [1.82, 2.24) is 0 Å². The fourth-order valence-corrected chi connectivity index (χ4v) is 1.85. The molecule has 1 unspecified atom stereocenters. The Morgan fingerprint density at radius 1 is 1.50 bits per heavy atom. The summed E-state index contributed by atoms with van der Waals surface area (Å²) in [6.07, 6.45) is 0. The average Bonchev–Trinajstić information content (AvgIpc) is 2.03. The summed E-state index contributed by atoms with van der Waals surface area (Å²) in [4.78, 5) is 0. The predicted octanol–water partition coefficient (Wildman–Crippen LogP) is 4.15. The smallest absolute Gasteiger partial charge is 0.0408 e. The van der Waals surface area contributed by atoms with Crippen molar-refractivity contribution >= 4 is 27.5 Å². The number of alkyl halides is 1. The van der Waals surface area contributed by atoms with Crippen LogP contribution in [0.25, 0.3) is 0 Å². The van der Waals surface area contributed by atoms with Gasteiger partial charge >= 0.3 is 0 Å². The van der Waals surface area contributed by atoms with E-state index < -0.39 is 0 Å². The molecule has 0 spiro atoms. The third-order valence-corrected chi connectivity index (χ3v) is 3.20. The summed E-state index contributed by atoms with van der Waals surface area (Å²) in [6, 6.07) is 6.06. The lowest BCUT2D eigenvalue weighted by molar-refractivity contribution is 0.877. The number of halogens is 2. The summed E-state index contributed by atoms with van der Waals surface area (Å²) in [7, 11) is 0. The van der Waals surface area contributed by atoms with E-state index in [9.17, 15) is 0 Å². The SMILES string of the molecule is Cc1cc(Cl)ccc1C(C)CBr. The molecule has 0 aliphatic heterocycles. The maximum atomic E-state index is 5.85. The lowest BCUT2D eigenvalue weighted by Crippen LogP contribution is -1.96. The number of rotatable bonds is 2. The highest BCUT2D eigenvalue weighted by Gasteiger charge is 2.06. The van der Waals surface area contributed by atoms with E-state index in [2.05, 4.69) is 35.8 Å². The monoisotopic (exact) mass is 246 g/mol. The Bertz CT molecular complexity index is 271. The van der Waals surface area contributed by atoms with E-state index in [-0.39, 0.29) is 0 Å². The molecule has 1 aromatic carbocycles. The average molecular weight is 248 g/mol. The highest BCUT2D eigenvalue weighted by Crippen LogP contribution is 2.23. The van der Waals surface area contributed by atoms with E-state index in [1.54, 1.807) is 0 Å². The molecule has 0 fully saturated rings. The minimum absolute atomic E-state index is 0.558. The van der Waals surface area contributed by atoms with Crippen molar-refractivity contribution in [3.05, 3.63) is 34.3 Å². The van der Waals surface area contributed by atoms with Gasteiger partial charge in [-0.15, -0.1) is 0 Å². The molecule has 1 atom stereocenters. The van der Waals surface area contributed by atoms with Crippen LogP contribution in [0.1, 0.15) is 24.0 Å². The molecule has 0 bridgehead atoms. The van der Waals surface area contributed by atoms with Crippen LogP contribution >= 0.6 is 27.5 Å². The fraction of sp³-hybridized carbons (Fsp3) is 0.400. The van der Waals surface area contributed by atoms with E-state index >= 15 is 0 Å². The summed E-state index contributed by atoms with van der Waals surface area (Å²) in [5.74, 6) is 0.558. The number of hydrogen-bond donors (Lipinski definition) is 0. The molecule has 0 aliphatic rings. The zero-order valence-electron chi connectivity index (χ0n) is 7.27. The Hall–Kier alpha value is -0.0100. The van der Waals surface area contributed by atoms with Crippen LogP contribution in [0, 0.1) is 6.92 Å². The molecule has 0 N–H and O–H groups in total. The van der Waals surface area contributed by atoms with Crippen LogP contribution in [0.2, 0.25) is 5.02 Å². The van der Waals surface area contributed by atoms with Crippen molar-refractivity contribution in [2.75, 3.05) is 5.33 Å². The Balaban J connectivity index is 3.01. The molecule has 1 rings (SSSR count). The van der Waals surface area contributed by atoms with Gasteiger partial charge in [0.05, 0.1) is 0 Å². The first-order chi connectivity index (χ1) is 5.65. The Kier molecular flexibility index (Phi) is 3.60. The van der Waals surface area contributed by atoms with Crippen LogP contribution in [0.3, 0.4) is 0 Å². The summed E-state index contributed by atoms with van der Waals surface area (Å²) in [5, 5.41) is 1.81. The minimum Gasteiger partial charge on any atom is -0.0922 e. The van der Waals surface area contributed by atoms with E-state index in [0.29, 0.717) is 5.92 Å². The molecule has 1 aromatic rings. The summed E-state index contributed by atoms with van der Waals surface area (Å²) >= 11 is 9.32. The van der Waals surface area contributed by atoms with Gasteiger partial charge in [0.15, 0.2) is 0 Å². The number of hydrogen-bond acceptors (Lipinski definition) is 0. The molecule has 12 heavy (non-hydrogen) atoms. The van der Waals surface area contributed by atoms with Crippen LogP contribution in [0.15, 0.2) is 18.2 Å². The highest BCUT2D eigenvalue weighted by molar-refractivity contribution is 9.09. The van der Waals surface area contributed by atoms with Gasteiger partial charge in [0.1, 0.15) is 0 Å². The largest absolute Gasteiger partial charge is 0.0922 e. The molecular formula is C10H12BrCl. The molecule has 66 valence electrons. The third-order valence-electron chi connectivity index (χ3n) is 1.99. The van der Waals surface area contributed by atoms with Crippen molar-refractivity contribution in [3.8, 4) is 0 Å². The summed E-state index contributed by atoms with van der Waals surface area (Å²) in [5.41, 5.74) is 2.64. The van der Waals surface area contributed by atoms with Gasteiger partial charge in [0.25, 0.3) is 0 Å². The van der Waals surface area contributed by atoms with Gasteiger partial charge < -0.3 is 0 Å². The third kappa shape index (κ3) is 2.24. The second-order valence-electron chi connectivity index (χ2n) is 3.06. The van der Waals surface area contributed by atoms with Gasteiger partial charge in [-0.25, -0.2) is 0 Å². The van der Waals surface area contributed by atoms with E-state index in [1.165, 1.54) is 11.1 Å². The fourth-order valence-electron chi connectivity index (χ4n) is 1.28. The first kappa shape index (κ1) is 10.1. The van der Waals surface area contributed by atoms with Crippen molar-refractivity contribution in [2.45, 2.75) is 19.8 Å². The lowest BCUT2D eigenvalue weighted by atomic mass is 9.98. The molecule has 0 aliphatic carbocycles. The van der Waals surface area contributed by atoms with Gasteiger partial charge in [0.2, 0.25) is 0 Å². The predicted molar refractivity (Wildman–Crippen MR) is 58.4 cm³/mol. The normalized spacial score (nSPS) is 13.0. The first-order valence-corrected chi connectivity index (χ1v) is 5.47. The number of aryl methyl sites for hydroxylation is 1. The van der Waals surface area contributed by atoms with Gasteiger partial charge in [-0.05, 0) is 36.1 Å². The standard InChI is InChI=1S/C10H12BrCl/c1-7-5-9(12)3-4-10(7)8(2)6-11/h3-5,8H,6H2,1-2H3. The van der Waals surface area contributed by atoms with Crippen LogP contribution in [-0.2, 0) is 0 Å². The second kappa shape index (κ2) is 4.29. The lowest BCUT2D eigenvalue weighted by Gasteiger charge is -2.11. The maximum absolute atomic E-state index is 5.85. The van der Waals surface area contributed by atoms with Crippen molar-refractivity contribution in [2.24, 2.45) is 0 Å². The highest BCUT2D eigenvalue weighted by atomic mass is 79.9. The van der Waals surface area contributed by atoms with Gasteiger partial charge in [-0.2, -0.15) is 0 Å².